The van der Waals surface area contributed by atoms with Crippen LogP contribution < -0.4 is 5.32 Å². The van der Waals surface area contributed by atoms with E-state index in [0.29, 0.717) is 23.2 Å². The van der Waals surface area contributed by atoms with Gasteiger partial charge in [0.05, 0.1) is 7.11 Å². The summed E-state index contributed by atoms with van der Waals surface area (Å²) in [5, 5.41) is 3.39. The van der Waals surface area contributed by atoms with Crippen LogP contribution >= 0.6 is 11.6 Å². The van der Waals surface area contributed by atoms with Crippen LogP contribution in [0.2, 0.25) is 5.15 Å². The van der Waals surface area contributed by atoms with E-state index in [2.05, 4.69) is 15.3 Å². The van der Waals surface area contributed by atoms with Gasteiger partial charge < -0.3 is 10.1 Å². The summed E-state index contributed by atoms with van der Waals surface area (Å²) in [4.78, 5) is 20.0. The van der Waals surface area contributed by atoms with E-state index in [1.165, 1.54) is 7.11 Å². The number of carbonyl (C=O) groups excluding carboxylic acids is 1. The van der Waals surface area contributed by atoms with E-state index in [-0.39, 0.29) is 11.9 Å². The third-order valence-corrected chi connectivity index (χ3v) is 2.68. The summed E-state index contributed by atoms with van der Waals surface area (Å²) in [6.45, 7) is 5.80. The Labute approximate surface area is 112 Å². The molecule has 1 N–H and O–H groups in total. The fourth-order valence-electron chi connectivity index (χ4n) is 1.48. The molecular formula is C12H18ClN3O2. The van der Waals surface area contributed by atoms with Gasteiger partial charge in [0.2, 0.25) is 0 Å². The molecule has 1 heterocycles. The van der Waals surface area contributed by atoms with Crippen molar-refractivity contribution in [3.8, 4) is 0 Å². The Hall–Kier alpha value is -1.36. The second kappa shape index (κ2) is 6.54. The van der Waals surface area contributed by atoms with Gasteiger partial charge in [0, 0.05) is 12.5 Å². The molecule has 0 aromatic carbocycles. The molecule has 0 spiro atoms. The molecule has 6 heteroatoms. The number of nitrogens with zero attached hydrogens (tertiary/aromatic N) is 2. The molecule has 1 unspecified atom stereocenters. The van der Waals surface area contributed by atoms with Crippen molar-refractivity contribution in [1.82, 2.24) is 9.97 Å². The van der Waals surface area contributed by atoms with Gasteiger partial charge in [0.15, 0.2) is 0 Å². The van der Waals surface area contributed by atoms with Crippen LogP contribution in [0.25, 0.3) is 0 Å². The van der Waals surface area contributed by atoms with Gasteiger partial charge in [-0.1, -0.05) is 32.4 Å². The first-order valence-corrected chi connectivity index (χ1v) is 6.23. The molecule has 0 saturated carbocycles. The third-order valence-electron chi connectivity index (χ3n) is 2.48. The average Bonchev–Trinajstić information content (AvgIpc) is 2.34. The normalized spacial score (nSPS) is 12.3. The highest BCUT2D eigenvalue weighted by Gasteiger charge is 2.23. The molecule has 18 heavy (non-hydrogen) atoms. The predicted molar refractivity (Wildman–Crippen MR) is 70.7 cm³/mol. The highest BCUT2D eigenvalue weighted by atomic mass is 35.5. The molecule has 5 nitrogen and oxygen atoms in total. The smallest absolute Gasteiger partial charge is 0.328 e. The van der Waals surface area contributed by atoms with Crippen molar-refractivity contribution in [1.29, 1.82) is 0 Å². The SMILES string of the molecule is CCc1nc(Cl)cc(NC(C(=O)OC)C(C)C)n1. The number of hydrogen-bond donors (Lipinski definition) is 1. The molecule has 0 bridgehead atoms. The fourth-order valence-corrected chi connectivity index (χ4v) is 1.68. The average molecular weight is 272 g/mol. The lowest BCUT2D eigenvalue weighted by molar-refractivity contribution is -0.142. The van der Waals surface area contributed by atoms with Crippen LogP contribution in [0.4, 0.5) is 5.82 Å². The van der Waals surface area contributed by atoms with E-state index in [9.17, 15) is 4.79 Å². The quantitative estimate of drug-likeness (QED) is 0.658. The molecule has 100 valence electrons. The van der Waals surface area contributed by atoms with Crippen LogP contribution in [0.1, 0.15) is 26.6 Å². The van der Waals surface area contributed by atoms with Crippen molar-refractivity contribution in [3.63, 3.8) is 0 Å². The summed E-state index contributed by atoms with van der Waals surface area (Å²) in [6.07, 6.45) is 0.680. The molecule has 0 aliphatic heterocycles. The molecule has 1 aromatic rings. The predicted octanol–water partition coefficient (Wildman–Crippen LogP) is 2.30. The number of nitrogens with one attached hydrogen (secondary N) is 1. The van der Waals surface area contributed by atoms with Gasteiger partial charge in [-0.2, -0.15) is 0 Å². The van der Waals surface area contributed by atoms with Crippen LogP contribution in [-0.4, -0.2) is 29.1 Å². The van der Waals surface area contributed by atoms with Gasteiger partial charge in [-0.25, -0.2) is 14.8 Å². The van der Waals surface area contributed by atoms with Crippen molar-refractivity contribution in [2.45, 2.75) is 33.2 Å². The standard InChI is InChI=1S/C12H18ClN3O2/c1-5-9-14-8(13)6-10(15-9)16-11(7(2)3)12(17)18-4/h6-7,11H,5H2,1-4H3,(H,14,15,16). The number of rotatable bonds is 5. The molecule has 0 aliphatic rings. The zero-order chi connectivity index (χ0) is 13.7. The number of anilines is 1. The first kappa shape index (κ1) is 14.7. The summed E-state index contributed by atoms with van der Waals surface area (Å²) < 4.78 is 4.75. The lowest BCUT2D eigenvalue weighted by atomic mass is 10.0. The van der Waals surface area contributed by atoms with Gasteiger partial charge in [-0.3, -0.25) is 0 Å². The van der Waals surface area contributed by atoms with E-state index in [1.54, 1.807) is 6.07 Å². The maximum absolute atomic E-state index is 11.6. The number of aromatic nitrogens is 2. The third kappa shape index (κ3) is 3.84. The second-order valence-electron chi connectivity index (χ2n) is 4.23. The van der Waals surface area contributed by atoms with Gasteiger partial charge in [0.1, 0.15) is 22.8 Å². The highest BCUT2D eigenvalue weighted by molar-refractivity contribution is 6.29. The lowest BCUT2D eigenvalue weighted by Gasteiger charge is -2.20. The number of hydrogen-bond acceptors (Lipinski definition) is 5. The van der Waals surface area contributed by atoms with Crippen molar-refractivity contribution in [2.24, 2.45) is 5.92 Å². The Bertz CT molecular complexity index is 424. The van der Waals surface area contributed by atoms with E-state index >= 15 is 0 Å². The van der Waals surface area contributed by atoms with Crippen LogP contribution in [0.5, 0.6) is 0 Å². The number of esters is 1. The molecule has 0 radical (unpaired) electrons. The summed E-state index contributed by atoms with van der Waals surface area (Å²) in [5.74, 6) is 0.933. The van der Waals surface area contributed by atoms with Crippen LogP contribution in [0.15, 0.2) is 6.07 Å². The molecule has 0 fully saturated rings. The first-order valence-electron chi connectivity index (χ1n) is 5.85. The minimum Gasteiger partial charge on any atom is -0.467 e. The van der Waals surface area contributed by atoms with E-state index in [1.807, 2.05) is 20.8 Å². The minimum atomic E-state index is -0.453. The van der Waals surface area contributed by atoms with Gasteiger partial charge >= 0.3 is 5.97 Å². The molecule has 1 aromatic heterocycles. The minimum absolute atomic E-state index is 0.0799. The summed E-state index contributed by atoms with van der Waals surface area (Å²) in [7, 11) is 1.36. The Morgan fingerprint density at radius 1 is 1.50 bits per heavy atom. The number of halogens is 1. The molecule has 0 amide bonds. The first-order chi connectivity index (χ1) is 8.47. The highest BCUT2D eigenvalue weighted by Crippen LogP contribution is 2.16. The summed E-state index contributed by atoms with van der Waals surface area (Å²) in [5.41, 5.74) is 0. The van der Waals surface area contributed by atoms with Crippen molar-refractivity contribution in [3.05, 3.63) is 17.0 Å². The number of carbonyl (C=O) groups is 1. The van der Waals surface area contributed by atoms with Gasteiger partial charge in [-0.15, -0.1) is 0 Å². The molecule has 0 saturated heterocycles. The Kier molecular flexibility index (Phi) is 5.34. The Morgan fingerprint density at radius 2 is 2.17 bits per heavy atom. The lowest BCUT2D eigenvalue weighted by Crippen LogP contribution is -2.35. The van der Waals surface area contributed by atoms with Crippen LogP contribution in [-0.2, 0) is 16.0 Å². The fraction of sp³-hybridized carbons (Fsp3) is 0.583. The van der Waals surface area contributed by atoms with E-state index in [0.717, 1.165) is 0 Å². The Balaban J connectivity index is 2.93. The Morgan fingerprint density at radius 3 is 2.67 bits per heavy atom. The topological polar surface area (TPSA) is 64.1 Å². The van der Waals surface area contributed by atoms with Crippen LogP contribution in [0, 0.1) is 5.92 Å². The number of methoxy groups -OCH3 is 1. The van der Waals surface area contributed by atoms with Crippen molar-refractivity contribution in [2.75, 3.05) is 12.4 Å². The summed E-state index contributed by atoms with van der Waals surface area (Å²) >= 11 is 5.90. The molecular weight excluding hydrogens is 254 g/mol. The number of ether oxygens (including phenoxy) is 1. The van der Waals surface area contributed by atoms with Gasteiger partial charge in [0.25, 0.3) is 0 Å². The maximum Gasteiger partial charge on any atom is 0.328 e. The maximum atomic E-state index is 11.6. The van der Waals surface area contributed by atoms with Crippen molar-refractivity contribution >= 4 is 23.4 Å². The molecule has 1 rings (SSSR count). The number of aryl methyl sites for hydroxylation is 1. The summed E-state index contributed by atoms with van der Waals surface area (Å²) in [6, 6.07) is 1.14. The molecule has 0 aliphatic carbocycles. The van der Waals surface area contributed by atoms with Crippen LogP contribution in [0.3, 0.4) is 0 Å². The monoisotopic (exact) mass is 271 g/mol. The zero-order valence-electron chi connectivity index (χ0n) is 11.0. The van der Waals surface area contributed by atoms with Gasteiger partial charge in [-0.05, 0) is 5.92 Å². The molecule has 1 atom stereocenters. The largest absolute Gasteiger partial charge is 0.467 e. The van der Waals surface area contributed by atoms with E-state index in [4.69, 9.17) is 16.3 Å². The second-order valence-corrected chi connectivity index (χ2v) is 4.62. The zero-order valence-corrected chi connectivity index (χ0v) is 11.8. The van der Waals surface area contributed by atoms with Crippen molar-refractivity contribution < 1.29 is 9.53 Å². The van der Waals surface area contributed by atoms with E-state index < -0.39 is 6.04 Å².